The van der Waals surface area contributed by atoms with Crippen LogP contribution in [0.3, 0.4) is 0 Å². The lowest BCUT2D eigenvalue weighted by atomic mass is 9.87. The summed E-state index contributed by atoms with van der Waals surface area (Å²) in [6.07, 6.45) is 6.13. The number of nitrogens with one attached hydrogen (secondary N) is 2. The monoisotopic (exact) mass is 334 g/mol. The van der Waals surface area contributed by atoms with Gasteiger partial charge in [-0.25, -0.2) is 0 Å². The zero-order valence-electron chi connectivity index (χ0n) is 14.8. The summed E-state index contributed by atoms with van der Waals surface area (Å²) in [7, 11) is 0. The van der Waals surface area contributed by atoms with Gasteiger partial charge in [-0.15, -0.1) is 0 Å². The third kappa shape index (κ3) is 3.81. The number of hydrogen-bond acceptors (Lipinski definition) is 4. The molecule has 0 spiro atoms. The van der Waals surface area contributed by atoms with Gasteiger partial charge in [-0.2, -0.15) is 5.10 Å². The largest absolute Gasteiger partial charge is 0.389 e. The molecule has 1 aromatic heterocycles. The Morgan fingerprint density at radius 1 is 1.29 bits per heavy atom. The number of carbonyl (C=O) groups is 1. The highest BCUT2D eigenvalue weighted by Crippen LogP contribution is 2.26. The van der Waals surface area contributed by atoms with Crippen molar-refractivity contribution < 1.29 is 9.90 Å². The minimum absolute atomic E-state index is 0.0288. The van der Waals surface area contributed by atoms with Crippen molar-refractivity contribution in [3.8, 4) is 0 Å². The van der Waals surface area contributed by atoms with Gasteiger partial charge in [0.25, 0.3) is 0 Å². The van der Waals surface area contributed by atoms with Crippen molar-refractivity contribution in [3.63, 3.8) is 0 Å². The Balaban J connectivity index is 1.51. The fourth-order valence-electron chi connectivity index (χ4n) is 4.25. The molecule has 1 saturated heterocycles. The molecular formula is C18H30N4O2. The Labute approximate surface area is 144 Å². The van der Waals surface area contributed by atoms with Crippen LogP contribution in [-0.2, 0) is 11.2 Å². The van der Waals surface area contributed by atoms with E-state index < -0.39 is 6.10 Å². The fourth-order valence-corrected chi connectivity index (χ4v) is 4.25. The fraction of sp³-hybridized carbons (Fsp3) is 0.778. The molecule has 1 saturated carbocycles. The Morgan fingerprint density at radius 3 is 2.71 bits per heavy atom. The van der Waals surface area contributed by atoms with Crippen molar-refractivity contribution in [1.29, 1.82) is 0 Å². The third-order valence-corrected chi connectivity index (χ3v) is 5.66. The summed E-state index contributed by atoms with van der Waals surface area (Å²) in [6, 6.07) is 0.105. The van der Waals surface area contributed by atoms with Crippen LogP contribution in [0.25, 0.3) is 0 Å². The van der Waals surface area contributed by atoms with E-state index >= 15 is 0 Å². The summed E-state index contributed by atoms with van der Waals surface area (Å²) in [6.45, 7) is 6.11. The number of aliphatic hydroxyl groups excluding tert-OH is 1. The number of rotatable bonds is 5. The van der Waals surface area contributed by atoms with E-state index in [1.807, 2.05) is 13.8 Å². The number of H-pyrrole nitrogens is 1. The quantitative estimate of drug-likeness (QED) is 0.761. The maximum Gasteiger partial charge on any atom is 0.220 e. The summed E-state index contributed by atoms with van der Waals surface area (Å²) in [5, 5.41) is 20.9. The maximum absolute atomic E-state index is 12.3. The molecule has 6 nitrogen and oxygen atoms in total. The number of amides is 1. The zero-order chi connectivity index (χ0) is 17.1. The Bertz CT molecular complexity index is 546. The summed E-state index contributed by atoms with van der Waals surface area (Å²) in [5.74, 6) is 0.0288. The Hall–Kier alpha value is -1.40. The second kappa shape index (κ2) is 7.66. The lowest BCUT2D eigenvalue weighted by molar-refractivity contribution is -0.123. The van der Waals surface area contributed by atoms with Gasteiger partial charge in [0.15, 0.2) is 0 Å². The van der Waals surface area contributed by atoms with Gasteiger partial charge in [-0.1, -0.05) is 0 Å². The van der Waals surface area contributed by atoms with E-state index in [1.54, 1.807) is 0 Å². The number of likely N-dealkylation sites (tertiary alicyclic amines) is 1. The van der Waals surface area contributed by atoms with Gasteiger partial charge in [0, 0.05) is 18.2 Å². The topological polar surface area (TPSA) is 81.2 Å². The van der Waals surface area contributed by atoms with Crippen LogP contribution in [0.5, 0.6) is 0 Å². The minimum atomic E-state index is -0.446. The molecule has 1 aromatic rings. The molecule has 2 aliphatic rings. The van der Waals surface area contributed by atoms with Crippen LogP contribution in [0, 0.1) is 13.8 Å². The first-order valence-electron chi connectivity index (χ1n) is 9.28. The lowest BCUT2D eigenvalue weighted by Gasteiger charge is -2.40. The molecule has 0 radical (unpaired) electrons. The number of carbonyl (C=O) groups excluding carboxylic acids is 1. The van der Waals surface area contributed by atoms with E-state index in [1.165, 1.54) is 12.8 Å². The van der Waals surface area contributed by atoms with Gasteiger partial charge in [-0.3, -0.25) is 14.8 Å². The van der Waals surface area contributed by atoms with Crippen LogP contribution in [0.1, 0.15) is 55.5 Å². The van der Waals surface area contributed by atoms with Gasteiger partial charge in [0.2, 0.25) is 5.91 Å². The van der Waals surface area contributed by atoms with Gasteiger partial charge in [0.1, 0.15) is 0 Å². The molecule has 0 unspecified atom stereocenters. The molecule has 0 bridgehead atoms. The highest BCUT2D eigenvalue weighted by atomic mass is 16.3. The van der Waals surface area contributed by atoms with Crippen molar-refractivity contribution >= 4 is 5.91 Å². The molecule has 3 atom stereocenters. The highest BCUT2D eigenvalue weighted by molar-refractivity contribution is 5.76. The van der Waals surface area contributed by atoms with Crippen LogP contribution in [0.4, 0.5) is 0 Å². The van der Waals surface area contributed by atoms with Crippen LogP contribution in [0.2, 0.25) is 0 Å². The number of aromatic nitrogens is 2. The van der Waals surface area contributed by atoms with Gasteiger partial charge < -0.3 is 10.4 Å². The van der Waals surface area contributed by atoms with Crippen molar-refractivity contribution in [2.75, 3.05) is 13.1 Å². The first kappa shape index (κ1) is 17.4. The van der Waals surface area contributed by atoms with E-state index in [9.17, 15) is 9.90 Å². The standard InChI is InChI=1S/C18H30N4O2/c1-12-14(13(2)21-20-12)8-9-17(23)19-15-6-5-7-16(18(15)24)22-10-3-4-11-22/h15-16,18,24H,3-11H2,1-2H3,(H,19,23)(H,20,21)/t15-,16-,18-/m1/s1. The van der Waals surface area contributed by atoms with Gasteiger partial charge >= 0.3 is 0 Å². The van der Waals surface area contributed by atoms with Crippen LogP contribution in [0.15, 0.2) is 0 Å². The molecule has 24 heavy (non-hydrogen) atoms. The predicted octanol–water partition coefficient (Wildman–Crippen LogP) is 1.45. The third-order valence-electron chi connectivity index (χ3n) is 5.66. The lowest BCUT2D eigenvalue weighted by Crippen LogP contribution is -2.56. The molecule has 2 fully saturated rings. The molecule has 1 aliphatic carbocycles. The molecular weight excluding hydrogens is 304 g/mol. The molecule has 134 valence electrons. The van der Waals surface area contributed by atoms with E-state index in [0.29, 0.717) is 12.8 Å². The van der Waals surface area contributed by atoms with E-state index in [4.69, 9.17) is 0 Å². The normalized spacial score (nSPS) is 28.2. The first-order valence-corrected chi connectivity index (χ1v) is 9.28. The number of aliphatic hydroxyl groups is 1. The van der Waals surface area contributed by atoms with Crippen molar-refractivity contribution in [2.45, 2.75) is 77.0 Å². The van der Waals surface area contributed by atoms with Crippen molar-refractivity contribution in [1.82, 2.24) is 20.4 Å². The van der Waals surface area contributed by atoms with Gasteiger partial charge in [-0.05, 0) is 71.0 Å². The average Bonchev–Trinajstić information content (AvgIpc) is 3.19. The summed E-state index contributed by atoms with van der Waals surface area (Å²) < 4.78 is 0. The first-order chi connectivity index (χ1) is 11.6. The molecule has 3 N–H and O–H groups in total. The molecule has 2 heterocycles. The molecule has 6 heteroatoms. The summed E-state index contributed by atoms with van der Waals surface area (Å²) in [4.78, 5) is 14.7. The second-order valence-corrected chi connectivity index (χ2v) is 7.32. The van der Waals surface area contributed by atoms with E-state index in [0.717, 1.165) is 49.3 Å². The Kier molecular flexibility index (Phi) is 5.56. The maximum atomic E-state index is 12.3. The zero-order valence-corrected chi connectivity index (χ0v) is 14.8. The van der Waals surface area contributed by atoms with Crippen LogP contribution in [-0.4, -0.2) is 57.4 Å². The van der Waals surface area contributed by atoms with E-state index in [2.05, 4.69) is 20.4 Å². The summed E-state index contributed by atoms with van der Waals surface area (Å²) in [5.41, 5.74) is 3.13. The smallest absolute Gasteiger partial charge is 0.220 e. The molecule has 3 rings (SSSR count). The van der Waals surface area contributed by atoms with Crippen molar-refractivity contribution in [3.05, 3.63) is 17.0 Å². The number of nitrogens with zero attached hydrogens (tertiary/aromatic N) is 2. The number of aryl methyl sites for hydroxylation is 2. The van der Waals surface area contributed by atoms with Crippen molar-refractivity contribution in [2.24, 2.45) is 0 Å². The van der Waals surface area contributed by atoms with Crippen LogP contribution < -0.4 is 5.32 Å². The average molecular weight is 334 g/mol. The van der Waals surface area contributed by atoms with E-state index in [-0.39, 0.29) is 18.0 Å². The molecule has 1 aliphatic heterocycles. The molecule has 0 aromatic carbocycles. The minimum Gasteiger partial charge on any atom is -0.389 e. The highest BCUT2D eigenvalue weighted by Gasteiger charge is 2.36. The van der Waals surface area contributed by atoms with Crippen LogP contribution >= 0.6 is 0 Å². The molecule has 1 amide bonds. The number of hydrogen-bond donors (Lipinski definition) is 3. The SMILES string of the molecule is Cc1n[nH]c(C)c1CCC(=O)N[C@@H]1CCC[C@@H](N2CCCC2)[C@@H]1O. The second-order valence-electron chi connectivity index (χ2n) is 7.32. The van der Waals surface area contributed by atoms with Gasteiger partial charge in [0.05, 0.1) is 17.8 Å². The predicted molar refractivity (Wildman–Crippen MR) is 92.8 cm³/mol. The Morgan fingerprint density at radius 2 is 2.04 bits per heavy atom. The number of aromatic amines is 1. The summed E-state index contributed by atoms with van der Waals surface area (Å²) >= 11 is 0.